The van der Waals surface area contributed by atoms with Gasteiger partial charge in [0.25, 0.3) is 5.56 Å². The van der Waals surface area contributed by atoms with Crippen molar-refractivity contribution >= 4 is 32.7 Å². The van der Waals surface area contributed by atoms with Crippen molar-refractivity contribution in [1.82, 2.24) is 19.4 Å². The molecule has 0 radical (unpaired) electrons. The molecule has 0 N–H and O–H groups in total. The molecule has 0 saturated carbocycles. The minimum absolute atomic E-state index is 0.0185. The molecule has 0 bridgehead atoms. The number of likely N-dealkylation sites (tertiary alicyclic amines) is 2. The normalized spacial score (nSPS) is 21.0. The van der Waals surface area contributed by atoms with Crippen LogP contribution in [-0.4, -0.2) is 57.5 Å². The van der Waals surface area contributed by atoms with Gasteiger partial charge in [0, 0.05) is 23.6 Å². The molecule has 26 heavy (non-hydrogen) atoms. The smallest absolute Gasteiger partial charge is 0.261 e. The number of halogens is 1. The first-order chi connectivity index (χ1) is 12.6. The maximum Gasteiger partial charge on any atom is 0.261 e. The Morgan fingerprint density at radius 3 is 2.81 bits per heavy atom. The molecule has 2 aliphatic heterocycles. The first-order valence-electron chi connectivity index (χ1n) is 9.28. The van der Waals surface area contributed by atoms with E-state index in [1.165, 1.54) is 23.7 Å². The van der Waals surface area contributed by atoms with Crippen molar-refractivity contribution in [3.05, 3.63) is 39.4 Å². The van der Waals surface area contributed by atoms with Crippen molar-refractivity contribution < 1.29 is 4.79 Å². The fraction of sp³-hybridized carbons (Fsp3) is 0.526. The van der Waals surface area contributed by atoms with Crippen molar-refractivity contribution in [1.29, 1.82) is 0 Å². The topological polar surface area (TPSA) is 58.4 Å². The average Bonchev–Trinajstić information content (AvgIpc) is 3.30. The number of carbonyl (C=O) groups excluding carboxylic acids is 1. The SMILES string of the molecule is O=C(Cn1cnc2ccc(Br)cc2c1=O)N1CCCC1CN1CCCC1. The summed E-state index contributed by atoms with van der Waals surface area (Å²) in [7, 11) is 0. The molecule has 138 valence electrons. The molecule has 2 fully saturated rings. The van der Waals surface area contributed by atoms with E-state index in [0.29, 0.717) is 10.9 Å². The van der Waals surface area contributed by atoms with Gasteiger partial charge in [0.15, 0.2) is 0 Å². The van der Waals surface area contributed by atoms with Gasteiger partial charge in [-0.2, -0.15) is 0 Å². The van der Waals surface area contributed by atoms with Gasteiger partial charge in [0.1, 0.15) is 6.54 Å². The lowest BCUT2D eigenvalue weighted by molar-refractivity contribution is -0.133. The van der Waals surface area contributed by atoms with Gasteiger partial charge in [-0.3, -0.25) is 14.2 Å². The third-order valence-electron chi connectivity index (χ3n) is 5.46. The van der Waals surface area contributed by atoms with Crippen molar-refractivity contribution in [2.45, 2.75) is 38.3 Å². The van der Waals surface area contributed by atoms with Crippen LogP contribution in [0.25, 0.3) is 10.9 Å². The molecule has 3 heterocycles. The number of benzene rings is 1. The minimum Gasteiger partial charge on any atom is -0.337 e. The molecule has 2 saturated heterocycles. The first kappa shape index (κ1) is 17.7. The zero-order chi connectivity index (χ0) is 18.1. The molecular weight excluding hydrogens is 396 g/mol. The van der Waals surface area contributed by atoms with Gasteiger partial charge in [0.05, 0.1) is 17.2 Å². The van der Waals surface area contributed by atoms with Crippen LogP contribution < -0.4 is 5.56 Å². The number of hydrogen-bond acceptors (Lipinski definition) is 4. The van der Waals surface area contributed by atoms with Crippen molar-refractivity contribution in [2.24, 2.45) is 0 Å². The highest BCUT2D eigenvalue weighted by molar-refractivity contribution is 9.10. The molecule has 1 atom stereocenters. The Bertz CT molecular complexity index is 875. The van der Waals surface area contributed by atoms with E-state index < -0.39 is 0 Å². The highest BCUT2D eigenvalue weighted by Gasteiger charge is 2.30. The van der Waals surface area contributed by atoms with Gasteiger partial charge in [0.2, 0.25) is 5.91 Å². The third kappa shape index (κ3) is 3.55. The Morgan fingerprint density at radius 1 is 1.19 bits per heavy atom. The minimum atomic E-state index is -0.167. The quantitative estimate of drug-likeness (QED) is 0.763. The average molecular weight is 419 g/mol. The molecule has 0 aliphatic carbocycles. The molecule has 1 unspecified atom stereocenters. The van der Waals surface area contributed by atoms with Crippen LogP contribution in [0.2, 0.25) is 0 Å². The summed E-state index contributed by atoms with van der Waals surface area (Å²) in [6.45, 7) is 4.09. The maximum absolute atomic E-state index is 12.9. The van der Waals surface area contributed by atoms with Crippen LogP contribution in [0, 0.1) is 0 Å². The van der Waals surface area contributed by atoms with Crippen LogP contribution in [0.1, 0.15) is 25.7 Å². The van der Waals surface area contributed by atoms with Gasteiger partial charge >= 0.3 is 0 Å². The molecule has 2 aliphatic rings. The monoisotopic (exact) mass is 418 g/mol. The number of aromatic nitrogens is 2. The number of carbonyl (C=O) groups is 1. The fourth-order valence-electron chi connectivity index (χ4n) is 4.10. The van der Waals surface area contributed by atoms with Crippen molar-refractivity contribution in [3.8, 4) is 0 Å². The molecule has 0 spiro atoms. The van der Waals surface area contributed by atoms with Crippen LogP contribution in [0.15, 0.2) is 33.8 Å². The van der Waals surface area contributed by atoms with E-state index in [0.717, 1.165) is 43.5 Å². The zero-order valence-corrected chi connectivity index (χ0v) is 16.3. The fourth-order valence-corrected chi connectivity index (χ4v) is 4.46. The summed E-state index contributed by atoms with van der Waals surface area (Å²) in [5.74, 6) is 0.0185. The summed E-state index contributed by atoms with van der Waals surface area (Å²) >= 11 is 3.39. The Labute approximate surface area is 160 Å². The van der Waals surface area contributed by atoms with E-state index >= 15 is 0 Å². The third-order valence-corrected chi connectivity index (χ3v) is 5.95. The molecule has 1 aromatic carbocycles. The Morgan fingerprint density at radius 2 is 2.00 bits per heavy atom. The summed E-state index contributed by atoms with van der Waals surface area (Å²) in [6, 6.07) is 5.70. The second-order valence-electron chi connectivity index (χ2n) is 7.23. The van der Waals surface area contributed by atoms with E-state index in [1.54, 1.807) is 12.1 Å². The van der Waals surface area contributed by atoms with Gasteiger partial charge < -0.3 is 9.80 Å². The van der Waals surface area contributed by atoms with E-state index in [1.807, 2.05) is 11.0 Å². The van der Waals surface area contributed by atoms with Crippen LogP contribution >= 0.6 is 15.9 Å². The lowest BCUT2D eigenvalue weighted by Crippen LogP contribution is -2.44. The van der Waals surface area contributed by atoms with Gasteiger partial charge in [-0.05, 0) is 57.0 Å². The maximum atomic E-state index is 12.9. The zero-order valence-electron chi connectivity index (χ0n) is 14.7. The molecule has 4 rings (SSSR count). The van der Waals surface area contributed by atoms with E-state index in [9.17, 15) is 9.59 Å². The van der Waals surface area contributed by atoms with Crippen LogP contribution in [0.4, 0.5) is 0 Å². The molecular formula is C19H23BrN4O2. The van der Waals surface area contributed by atoms with Crippen LogP contribution in [-0.2, 0) is 11.3 Å². The second-order valence-corrected chi connectivity index (χ2v) is 8.15. The van der Waals surface area contributed by atoms with Crippen molar-refractivity contribution in [3.63, 3.8) is 0 Å². The van der Waals surface area contributed by atoms with E-state index in [2.05, 4.69) is 25.8 Å². The molecule has 7 heteroatoms. The molecule has 6 nitrogen and oxygen atoms in total. The summed E-state index contributed by atoms with van der Waals surface area (Å²) in [5.41, 5.74) is 0.481. The van der Waals surface area contributed by atoms with Gasteiger partial charge in [-0.25, -0.2) is 4.98 Å². The summed E-state index contributed by atoms with van der Waals surface area (Å²) < 4.78 is 2.26. The number of amides is 1. The molecule has 1 aromatic heterocycles. The summed E-state index contributed by atoms with van der Waals surface area (Å²) in [5, 5.41) is 0.532. The van der Waals surface area contributed by atoms with Crippen molar-refractivity contribution in [2.75, 3.05) is 26.2 Å². The lowest BCUT2D eigenvalue weighted by atomic mass is 10.2. The summed E-state index contributed by atoms with van der Waals surface area (Å²) in [6.07, 6.45) is 6.10. The van der Waals surface area contributed by atoms with E-state index in [4.69, 9.17) is 0 Å². The Hall–Kier alpha value is -1.73. The predicted octanol–water partition coefficient (Wildman–Crippen LogP) is 2.25. The summed E-state index contributed by atoms with van der Waals surface area (Å²) in [4.78, 5) is 34.3. The number of rotatable bonds is 4. The van der Waals surface area contributed by atoms with Crippen LogP contribution in [0.5, 0.6) is 0 Å². The second kappa shape index (κ2) is 7.48. The largest absolute Gasteiger partial charge is 0.337 e. The molecule has 1 amide bonds. The Kier molecular flexibility index (Phi) is 5.09. The standard InChI is InChI=1S/C19H23BrN4O2/c20-14-5-6-17-16(10-14)19(26)23(13-21-17)12-18(25)24-9-3-4-15(24)11-22-7-1-2-8-22/h5-6,10,13,15H,1-4,7-9,11-12H2. The van der Waals surface area contributed by atoms with Gasteiger partial charge in [-0.1, -0.05) is 15.9 Å². The lowest BCUT2D eigenvalue weighted by Gasteiger charge is -2.28. The van der Waals surface area contributed by atoms with Crippen LogP contribution in [0.3, 0.4) is 0 Å². The molecule has 2 aromatic rings. The highest BCUT2D eigenvalue weighted by Crippen LogP contribution is 2.21. The number of hydrogen-bond donors (Lipinski definition) is 0. The highest BCUT2D eigenvalue weighted by atomic mass is 79.9. The number of fused-ring (bicyclic) bond motifs is 1. The number of nitrogens with zero attached hydrogens (tertiary/aromatic N) is 4. The first-order valence-corrected chi connectivity index (χ1v) is 10.1. The Balaban J connectivity index is 1.51. The van der Waals surface area contributed by atoms with E-state index in [-0.39, 0.29) is 24.1 Å². The predicted molar refractivity (Wildman–Crippen MR) is 104 cm³/mol. The van der Waals surface area contributed by atoms with Gasteiger partial charge in [-0.15, -0.1) is 0 Å².